The Balaban J connectivity index is 1.85. The van der Waals surface area contributed by atoms with E-state index in [2.05, 4.69) is 24.1 Å². The smallest absolute Gasteiger partial charge is 0.0593 e. The Kier molecular flexibility index (Phi) is 6.62. The number of nitrogens with one attached hydrogen (secondary N) is 1. The van der Waals surface area contributed by atoms with E-state index in [1.54, 1.807) is 0 Å². The molecule has 0 bridgehead atoms. The lowest BCUT2D eigenvalue weighted by Gasteiger charge is -2.34. The van der Waals surface area contributed by atoms with Crippen molar-refractivity contribution in [1.29, 1.82) is 0 Å². The molecule has 3 heteroatoms. The molecule has 1 N–H and O–H groups in total. The van der Waals surface area contributed by atoms with Gasteiger partial charge in [0.05, 0.1) is 6.61 Å². The van der Waals surface area contributed by atoms with Crippen molar-refractivity contribution in [3.63, 3.8) is 0 Å². The van der Waals surface area contributed by atoms with Gasteiger partial charge in [-0.2, -0.15) is 0 Å². The molecule has 0 amide bonds. The molecule has 0 aromatic carbocycles. The summed E-state index contributed by atoms with van der Waals surface area (Å²) in [6, 6.07) is 1.41. The average Bonchev–Trinajstić information content (AvgIpc) is 2.63. The number of nitrogens with zero attached hydrogens (tertiary/aromatic N) is 1. The van der Waals surface area contributed by atoms with Crippen LogP contribution in [-0.4, -0.2) is 49.8 Å². The maximum absolute atomic E-state index is 5.54. The molecule has 2 aliphatic rings. The molecule has 0 spiro atoms. The third kappa shape index (κ3) is 4.73. The SMILES string of the molecule is CCOCCN1CC(C2CCCCC2)NCCC1C. The Bertz CT molecular complexity index is 241. The first-order valence-electron chi connectivity index (χ1n) is 8.36. The second kappa shape index (κ2) is 8.23. The standard InChI is InChI=1S/C16H32N2O/c1-3-19-12-11-18-13-16(17-10-9-14(18)2)15-7-5-4-6-8-15/h14-17H,3-13H2,1-2H3. The summed E-state index contributed by atoms with van der Waals surface area (Å²) in [4.78, 5) is 2.65. The van der Waals surface area contributed by atoms with Crippen molar-refractivity contribution in [2.75, 3.05) is 32.8 Å². The quantitative estimate of drug-likeness (QED) is 0.776. The highest BCUT2D eigenvalue weighted by molar-refractivity contribution is 4.86. The van der Waals surface area contributed by atoms with E-state index in [1.165, 1.54) is 51.6 Å². The first-order chi connectivity index (χ1) is 9.31. The Labute approximate surface area is 119 Å². The zero-order chi connectivity index (χ0) is 13.5. The maximum atomic E-state index is 5.54. The minimum absolute atomic E-state index is 0.696. The number of hydrogen-bond acceptors (Lipinski definition) is 3. The van der Waals surface area contributed by atoms with E-state index >= 15 is 0 Å². The monoisotopic (exact) mass is 268 g/mol. The number of ether oxygens (including phenoxy) is 1. The molecule has 1 heterocycles. The predicted octanol–water partition coefficient (Wildman–Crippen LogP) is 2.66. The summed E-state index contributed by atoms with van der Waals surface area (Å²) in [5, 5.41) is 3.82. The molecule has 3 nitrogen and oxygen atoms in total. The molecular formula is C16H32N2O. The van der Waals surface area contributed by atoms with Crippen molar-refractivity contribution in [1.82, 2.24) is 10.2 Å². The molecule has 2 unspecified atom stereocenters. The zero-order valence-electron chi connectivity index (χ0n) is 12.9. The van der Waals surface area contributed by atoms with Crippen molar-refractivity contribution >= 4 is 0 Å². The van der Waals surface area contributed by atoms with Crippen molar-refractivity contribution in [3.05, 3.63) is 0 Å². The molecule has 112 valence electrons. The van der Waals surface area contributed by atoms with Crippen LogP contribution in [0.2, 0.25) is 0 Å². The summed E-state index contributed by atoms with van der Waals surface area (Å²) in [5.74, 6) is 0.911. The third-order valence-electron chi connectivity index (χ3n) is 4.97. The van der Waals surface area contributed by atoms with Crippen LogP contribution in [-0.2, 0) is 4.74 Å². The molecule has 0 aromatic heterocycles. The van der Waals surface area contributed by atoms with Gasteiger partial charge >= 0.3 is 0 Å². The molecule has 2 atom stereocenters. The van der Waals surface area contributed by atoms with E-state index in [0.717, 1.165) is 25.7 Å². The fourth-order valence-corrected chi connectivity index (χ4v) is 3.65. The second-order valence-electron chi connectivity index (χ2n) is 6.29. The van der Waals surface area contributed by atoms with E-state index in [1.807, 2.05) is 0 Å². The Morgan fingerprint density at radius 3 is 2.68 bits per heavy atom. The van der Waals surface area contributed by atoms with Gasteiger partial charge in [-0.3, -0.25) is 4.90 Å². The first-order valence-corrected chi connectivity index (χ1v) is 8.36. The van der Waals surface area contributed by atoms with Gasteiger partial charge in [-0.15, -0.1) is 0 Å². The van der Waals surface area contributed by atoms with Gasteiger partial charge in [0.2, 0.25) is 0 Å². The van der Waals surface area contributed by atoms with E-state index < -0.39 is 0 Å². The van der Waals surface area contributed by atoms with Crippen LogP contribution in [0.25, 0.3) is 0 Å². The van der Waals surface area contributed by atoms with Crippen LogP contribution in [0, 0.1) is 5.92 Å². The normalized spacial score (nSPS) is 31.3. The molecule has 2 fully saturated rings. The molecule has 19 heavy (non-hydrogen) atoms. The van der Waals surface area contributed by atoms with Gasteiger partial charge in [0.15, 0.2) is 0 Å². The minimum Gasteiger partial charge on any atom is -0.380 e. The Morgan fingerprint density at radius 2 is 1.95 bits per heavy atom. The fraction of sp³-hybridized carbons (Fsp3) is 1.00. The van der Waals surface area contributed by atoms with Crippen LogP contribution < -0.4 is 5.32 Å². The summed E-state index contributed by atoms with van der Waals surface area (Å²) in [6.07, 6.45) is 8.48. The molecular weight excluding hydrogens is 236 g/mol. The molecule has 2 rings (SSSR count). The van der Waals surface area contributed by atoms with E-state index in [4.69, 9.17) is 4.74 Å². The van der Waals surface area contributed by atoms with Crippen molar-refractivity contribution in [2.45, 2.75) is 64.5 Å². The van der Waals surface area contributed by atoms with E-state index in [9.17, 15) is 0 Å². The lowest BCUT2D eigenvalue weighted by atomic mass is 9.83. The predicted molar refractivity (Wildman–Crippen MR) is 80.5 cm³/mol. The molecule has 1 aliphatic carbocycles. The highest BCUT2D eigenvalue weighted by Crippen LogP contribution is 2.28. The minimum atomic E-state index is 0.696. The summed E-state index contributed by atoms with van der Waals surface area (Å²) in [6.45, 7) is 9.69. The van der Waals surface area contributed by atoms with E-state index in [0.29, 0.717) is 12.1 Å². The highest BCUT2D eigenvalue weighted by Gasteiger charge is 2.28. The van der Waals surface area contributed by atoms with Crippen LogP contribution >= 0.6 is 0 Å². The summed E-state index contributed by atoms with van der Waals surface area (Å²) in [5.41, 5.74) is 0. The van der Waals surface area contributed by atoms with Crippen LogP contribution in [0.1, 0.15) is 52.4 Å². The van der Waals surface area contributed by atoms with Gasteiger partial charge in [0, 0.05) is 31.8 Å². The maximum Gasteiger partial charge on any atom is 0.0593 e. The molecule has 1 saturated heterocycles. The van der Waals surface area contributed by atoms with Gasteiger partial charge in [-0.05, 0) is 45.6 Å². The van der Waals surface area contributed by atoms with Gasteiger partial charge in [0.25, 0.3) is 0 Å². The van der Waals surface area contributed by atoms with Gasteiger partial charge < -0.3 is 10.1 Å². The molecule has 1 saturated carbocycles. The van der Waals surface area contributed by atoms with E-state index in [-0.39, 0.29) is 0 Å². The lowest BCUT2D eigenvalue weighted by Crippen LogP contribution is -2.45. The summed E-state index contributed by atoms with van der Waals surface area (Å²) < 4.78 is 5.54. The lowest BCUT2D eigenvalue weighted by molar-refractivity contribution is 0.0907. The van der Waals surface area contributed by atoms with Crippen molar-refractivity contribution < 1.29 is 4.74 Å². The second-order valence-corrected chi connectivity index (χ2v) is 6.29. The van der Waals surface area contributed by atoms with Crippen molar-refractivity contribution in [3.8, 4) is 0 Å². The number of rotatable bonds is 5. The largest absolute Gasteiger partial charge is 0.380 e. The van der Waals surface area contributed by atoms with Crippen LogP contribution in [0.5, 0.6) is 0 Å². The molecule has 0 aromatic rings. The van der Waals surface area contributed by atoms with Crippen molar-refractivity contribution in [2.24, 2.45) is 5.92 Å². The Morgan fingerprint density at radius 1 is 1.16 bits per heavy atom. The van der Waals surface area contributed by atoms with Gasteiger partial charge in [-0.1, -0.05) is 19.3 Å². The van der Waals surface area contributed by atoms with Gasteiger partial charge in [-0.25, -0.2) is 0 Å². The van der Waals surface area contributed by atoms with Gasteiger partial charge in [0.1, 0.15) is 0 Å². The molecule has 1 aliphatic heterocycles. The summed E-state index contributed by atoms with van der Waals surface area (Å²) >= 11 is 0. The van der Waals surface area contributed by atoms with Crippen LogP contribution in [0.3, 0.4) is 0 Å². The Hall–Kier alpha value is -0.120. The fourth-order valence-electron chi connectivity index (χ4n) is 3.65. The zero-order valence-corrected chi connectivity index (χ0v) is 12.9. The molecule has 0 radical (unpaired) electrons. The van der Waals surface area contributed by atoms with Crippen LogP contribution in [0.4, 0.5) is 0 Å². The van der Waals surface area contributed by atoms with Crippen LogP contribution in [0.15, 0.2) is 0 Å². The third-order valence-corrected chi connectivity index (χ3v) is 4.97. The highest BCUT2D eigenvalue weighted by atomic mass is 16.5. The number of hydrogen-bond donors (Lipinski definition) is 1. The first kappa shape index (κ1) is 15.3. The topological polar surface area (TPSA) is 24.5 Å². The summed E-state index contributed by atoms with van der Waals surface area (Å²) in [7, 11) is 0. The average molecular weight is 268 g/mol.